The van der Waals surface area contributed by atoms with Gasteiger partial charge in [0.1, 0.15) is 0 Å². The number of aromatic nitrogens is 1. The zero-order valence-corrected chi connectivity index (χ0v) is 10.0. The van der Waals surface area contributed by atoms with Crippen LogP contribution in [0.25, 0.3) is 10.9 Å². The number of hydrogen-bond donors (Lipinski definition) is 2. The second-order valence-electron chi connectivity index (χ2n) is 4.50. The Kier molecular flexibility index (Phi) is 3.61. The molecule has 98 valence electrons. The summed E-state index contributed by atoms with van der Waals surface area (Å²) in [6.07, 6.45) is -3.08. The molecule has 0 spiro atoms. The zero-order valence-electron chi connectivity index (χ0n) is 10.0. The van der Waals surface area contributed by atoms with E-state index < -0.39 is 18.6 Å². The molecule has 0 radical (unpaired) electrons. The number of alkyl halides is 3. The SMILES string of the molecule is CC(CC(F)(F)F)NCc1ccc2[nH]ccc2c1. The lowest BCUT2D eigenvalue weighted by atomic mass is 10.1. The van der Waals surface area contributed by atoms with Gasteiger partial charge in [-0.3, -0.25) is 0 Å². The summed E-state index contributed by atoms with van der Waals surface area (Å²) >= 11 is 0. The average molecular weight is 256 g/mol. The maximum Gasteiger partial charge on any atom is 0.390 e. The topological polar surface area (TPSA) is 27.8 Å². The van der Waals surface area contributed by atoms with Gasteiger partial charge in [-0.25, -0.2) is 0 Å². The van der Waals surface area contributed by atoms with Crippen LogP contribution in [0.4, 0.5) is 13.2 Å². The van der Waals surface area contributed by atoms with Crippen molar-refractivity contribution in [1.29, 1.82) is 0 Å². The van der Waals surface area contributed by atoms with E-state index >= 15 is 0 Å². The maximum atomic E-state index is 12.2. The largest absolute Gasteiger partial charge is 0.390 e. The zero-order chi connectivity index (χ0) is 13.2. The Morgan fingerprint density at radius 2 is 2.06 bits per heavy atom. The van der Waals surface area contributed by atoms with Gasteiger partial charge in [0, 0.05) is 24.3 Å². The Morgan fingerprint density at radius 3 is 2.78 bits per heavy atom. The molecule has 0 bridgehead atoms. The van der Waals surface area contributed by atoms with Crippen LogP contribution < -0.4 is 5.32 Å². The van der Waals surface area contributed by atoms with Crippen LogP contribution in [0.3, 0.4) is 0 Å². The summed E-state index contributed by atoms with van der Waals surface area (Å²) in [7, 11) is 0. The van der Waals surface area contributed by atoms with E-state index in [0.29, 0.717) is 6.54 Å². The third kappa shape index (κ3) is 3.50. The molecule has 0 aliphatic rings. The van der Waals surface area contributed by atoms with Crippen molar-refractivity contribution in [2.24, 2.45) is 0 Å². The van der Waals surface area contributed by atoms with Crippen LogP contribution in [0, 0.1) is 0 Å². The first-order valence-corrected chi connectivity index (χ1v) is 5.80. The van der Waals surface area contributed by atoms with Crippen LogP contribution in [0.1, 0.15) is 18.9 Å². The van der Waals surface area contributed by atoms with Crippen molar-refractivity contribution in [3.63, 3.8) is 0 Å². The van der Waals surface area contributed by atoms with Crippen LogP contribution in [0.15, 0.2) is 30.5 Å². The van der Waals surface area contributed by atoms with E-state index in [2.05, 4.69) is 10.3 Å². The molecule has 5 heteroatoms. The second kappa shape index (κ2) is 5.02. The number of fused-ring (bicyclic) bond motifs is 1. The normalized spacial score (nSPS) is 14.0. The first-order chi connectivity index (χ1) is 8.44. The minimum Gasteiger partial charge on any atom is -0.361 e. The molecular formula is C13H15F3N2. The standard InChI is InChI=1S/C13H15F3N2/c1-9(7-13(14,15)16)18-8-10-2-3-12-11(6-10)4-5-17-12/h2-6,9,17-18H,7-8H2,1H3. The molecule has 0 fully saturated rings. The monoisotopic (exact) mass is 256 g/mol. The van der Waals surface area contributed by atoms with Crippen molar-refractivity contribution in [2.45, 2.75) is 32.1 Å². The van der Waals surface area contributed by atoms with Gasteiger partial charge in [-0.1, -0.05) is 6.07 Å². The van der Waals surface area contributed by atoms with Crippen molar-refractivity contribution < 1.29 is 13.2 Å². The Morgan fingerprint density at radius 1 is 1.28 bits per heavy atom. The molecule has 18 heavy (non-hydrogen) atoms. The molecular weight excluding hydrogens is 241 g/mol. The van der Waals surface area contributed by atoms with Crippen LogP contribution in [0.5, 0.6) is 0 Å². The predicted octanol–water partition coefficient (Wildman–Crippen LogP) is 3.60. The molecule has 0 saturated heterocycles. The van der Waals surface area contributed by atoms with Crippen molar-refractivity contribution in [2.75, 3.05) is 0 Å². The van der Waals surface area contributed by atoms with Gasteiger partial charge in [-0.2, -0.15) is 13.2 Å². The molecule has 2 N–H and O–H groups in total. The Bertz CT molecular complexity index is 516. The second-order valence-corrected chi connectivity index (χ2v) is 4.50. The van der Waals surface area contributed by atoms with E-state index in [4.69, 9.17) is 0 Å². The van der Waals surface area contributed by atoms with Crippen LogP contribution >= 0.6 is 0 Å². The summed E-state index contributed by atoms with van der Waals surface area (Å²) in [4.78, 5) is 3.07. The van der Waals surface area contributed by atoms with Crippen LogP contribution in [-0.4, -0.2) is 17.2 Å². The lowest BCUT2D eigenvalue weighted by molar-refractivity contribution is -0.139. The van der Waals surface area contributed by atoms with E-state index in [9.17, 15) is 13.2 Å². The first kappa shape index (κ1) is 13.0. The lowest BCUT2D eigenvalue weighted by Gasteiger charge is -2.15. The molecule has 1 heterocycles. The van der Waals surface area contributed by atoms with Crippen molar-refractivity contribution >= 4 is 10.9 Å². The van der Waals surface area contributed by atoms with E-state index in [1.165, 1.54) is 0 Å². The Hall–Kier alpha value is -1.49. The van der Waals surface area contributed by atoms with E-state index in [1.807, 2.05) is 30.5 Å². The molecule has 0 saturated carbocycles. The van der Waals surface area contributed by atoms with Gasteiger partial charge >= 0.3 is 6.18 Å². The highest BCUT2D eigenvalue weighted by atomic mass is 19.4. The van der Waals surface area contributed by atoms with Gasteiger partial charge < -0.3 is 10.3 Å². The summed E-state index contributed by atoms with van der Waals surface area (Å²) in [6.45, 7) is 1.99. The van der Waals surface area contributed by atoms with Crippen molar-refractivity contribution in [1.82, 2.24) is 10.3 Å². The Labute approximate surface area is 103 Å². The van der Waals surface area contributed by atoms with Gasteiger partial charge in [0.25, 0.3) is 0 Å². The molecule has 0 amide bonds. The fourth-order valence-corrected chi connectivity index (χ4v) is 1.92. The smallest absolute Gasteiger partial charge is 0.361 e. The number of rotatable bonds is 4. The summed E-state index contributed by atoms with van der Waals surface area (Å²) in [5.74, 6) is 0. The van der Waals surface area contributed by atoms with Crippen molar-refractivity contribution in [3.05, 3.63) is 36.0 Å². The molecule has 2 nitrogen and oxygen atoms in total. The van der Waals surface area contributed by atoms with Gasteiger partial charge in [0.2, 0.25) is 0 Å². The van der Waals surface area contributed by atoms with Gasteiger partial charge in [-0.05, 0) is 36.1 Å². The summed E-state index contributed by atoms with van der Waals surface area (Å²) in [5.41, 5.74) is 2.01. The fourth-order valence-electron chi connectivity index (χ4n) is 1.92. The predicted molar refractivity (Wildman–Crippen MR) is 65.3 cm³/mol. The first-order valence-electron chi connectivity index (χ1n) is 5.80. The molecule has 0 aliphatic heterocycles. The number of H-pyrrole nitrogens is 1. The summed E-state index contributed by atoms with van der Waals surface area (Å²) < 4.78 is 36.5. The lowest BCUT2D eigenvalue weighted by Crippen LogP contribution is -2.30. The molecule has 2 aromatic rings. The molecule has 2 rings (SSSR count). The molecule has 0 aliphatic carbocycles. The van der Waals surface area contributed by atoms with Crippen LogP contribution in [-0.2, 0) is 6.54 Å². The highest BCUT2D eigenvalue weighted by Crippen LogP contribution is 2.21. The quantitative estimate of drug-likeness (QED) is 0.859. The van der Waals surface area contributed by atoms with E-state index in [0.717, 1.165) is 16.5 Å². The number of halogens is 3. The fraction of sp³-hybridized carbons (Fsp3) is 0.385. The van der Waals surface area contributed by atoms with Crippen LogP contribution in [0.2, 0.25) is 0 Å². The number of hydrogen-bond acceptors (Lipinski definition) is 1. The summed E-state index contributed by atoms with van der Waals surface area (Å²) in [5, 5.41) is 3.95. The van der Waals surface area contributed by atoms with Gasteiger partial charge in [0.05, 0.1) is 6.42 Å². The van der Waals surface area contributed by atoms with Gasteiger partial charge in [0.15, 0.2) is 0 Å². The molecule has 1 aromatic carbocycles. The number of benzene rings is 1. The van der Waals surface area contributed by atoms with Crippen molar-refractivity contribution in [3.8, 4) is 0 Å². The molecule has 1 atom stereocenters. The number of aromatic amines is 1. The van der Waals surface area contributed by atoms with Gasteiger partial charge in [-0.15, -0.1) is 0 Å². The molecule has 1 unspecified atom stereocenters. The summed E-state index contributed by atoms with van der Waals surface area (Å²) in [6, 6.07) is 7.18. The molecule has 1 aromatic heterocycles. The highest BCUT2D eigenvalue weighted by molar-refractivity contribution is 5.79. The third-order valence-electron chi connectivity index (χ3n) is 2.81. The third-order valence-corrected chi connectivity index (χ3v) is 2.81. The van der Waals surface area contributed by atoms with E-state index in [-0.39, 0.29) is 0 Å². The number of nitrogens with one attached hydrogen (secondary N) is 2. The average Bonchev–Trinajstić information content (AvgIpc) is 2.71. The maximum absolute atomic E-state index is 12.2. The minimum atomic E-state index is -4.11. The minimum absolute atomic E-state index is 0.443. The van der Waals surface area contributed by atoms with E-state index in [1.54, 1.807) is 6.92 Å². The highest BCUT2D eigenvalue weighted by Gasteiger charge is 2.29. The Balaban J connectivity index is 1.93.